The molecule has 0 atom stereocenters. The minimum atomic E-state index is -0.239. The van der Waals surface area contributed by atoms with Gasteiger partial charge in [0.15, 0.2) is 0 Å². The Kier molecular flexibility index (Phi) is 5.63. The van der Waals surface area contributed by atoms with Crippen molar-refractivity contribution in [2.75, 3.05) is 19.0 Å². The van der Waals surface area contributed by atoms with Crippen LogP contribution in [0.1, 0.15) is 29.9 Å². The van der Waals surface area contributed by atoms with Crippen LogP contribution in [0.4, 0.5) is 5.69 Å². The summed E-state index contributed by atoms with van der Waals surface area (Å²) >= 11 is 0. The second kappa shape index (κ2) is 7.68. The van der Waals surface area contributed by atoms with E-state index in [4.69, 9.17) is 9.47 Å². The fourth-order valence-corrected chi connectivity index (χ4v) is 2.23. The summed E-state index contributed by atoms with van der Waals surface area (Å²) in [5.74, 6) is 0.920. The summed E-state index contributed by atoms with van der Waals surface area (Å²) in [5.41, 5.74) is 2.96. The molecule has 0 radical (unpaired) electrons. The van der Waals surface area contributed by atoms with E-state index in [0.717, 1.165) is 0 Å². The molecular weight excluding hydrogens is 306 g/mol. The second-order valence-electron chi connectivity index (χ2n) is 5.67. The fourth-order valence-electron chi connectivity index (χ4n) is 2.23. The molecule has 0 aliphatic rings. The van der Waals surface area contributed by atoms with E-state index in [0.29, 0.717) is 35.2 Å². The van der Waals surface area contributed by atoms with Crippen LogP contribution in [0.25, 0.3) is 0 Å². The zero-order valence-electron chi connectivity index (χ0n) is 14.7. The van der Waals surface area contributed by atoms with Crippen molar-refractivity contribution in [1.29, 1.82) is 0 Å². The molecule has 0 spiro atoms. The maximum absolute atomic E-state index is 12.5. The lowest BCUT2D eigenvalue weighted by molar-refractivity contribution is 0.102. The Morgan fingerprint density at radius 1 is 1.38 bits per heavy atom. The van der Waals surface area contributed by atoms with Crippen LogP contribution in [0, 0.1) is 6.92 Å². The van der Waals surface area contributed by atoms with Crippen molar-refractivity contribution >= 4 is 11.6 Å². The molecule has 6 nitrogen and oxygen atoms in total. The van der Waals surface area contributed by atoms with Crippen molar-refractivity contribution in [2.45, 2.75) is 20.8 Å². The first kappa shape index (κ1) is 17.6. The highest BCUT2D eigenvalue weighted by atomic mass is 16.5. The van der Waals surface area contributed by atoms with Crippen molar-refractivity contribution in [2.24, 2.45) is 7.05 Å². The summed E-state index contributed by atoms with van der Waals surface area (Å²) in [6.07, 6.45) is 1.98. The number of amides is 1. The number of benzene rings is 1. The highest BCUT2D eigenvalue weighted by Crippen LogP contribution is 2.27. The third kappa shape index (κ3) is 4.16. The minimum Gasteiger partial charge on any atom is -0.490 e. The molecule has 1 heterocycles. The average molecular weight is 329 g/mol. The van der Waals surface area contributed by atoms with Crippen molar-refractivity contribution in [3.63, 3.8) is 0 Å². The van der Waals surface area contributed by atoms with Gasteiger partial charge < -0.3 is 14.8 Å². The van der Waals surface area contributed by atoms with E-state index in [1.165, 1.54) is 5.57 Å². The molecule has 0 bridgehead atoms. The largest absolute Gasteiger partial charge is 0.490 e. The minimum absolute atomic E-state index is 0.239. The Morgan fingerprint density at radius 3 is 2.79 bits per heavy atom. The highest BCUT2D eigenvalue weighted by Gasteiger charge is 2.17. The molecule has 0 saturated carbocycles. The molecule has 24 heavy (non-hydrogen) atoms. The Morgan fingerprint density at radius 2 is 2.12 bits per heavy atom. The van der Waals surface area contributed by atoms with Crippen LogP contribution in [0.15, 0.2) is 35.9 Å². The summed E-state index contributed by atoms with van der Waals surface area (Å²) in [5, 5.41) is 7.10. The molecule has 2 rings (SSSR count). The van der Waals surface area contributed by atoms with Crippen molar-refractivity contribution in [3.8, 4) is 11.6 Å². The number of methoxy groups -OCH3 is 1. The number of allylic oxidation sites excluding steroid dienone is 1. The summed E-state index contributed by atoms with van der Waals surface area (Å²) in [4.78, 5) is 12.5. The van der Waals surface area contributed by atoms with Gasteiger partial charge in [0.1, 0.15) is 18.0 Å². The third-order valence-corrected chi connectivity index (χ3v) is 3.44. The number of aryl methyl sites for hydroxylation is 2. The van der Waals surface area contributed by atoms with E-state index >= 15 is 0 Å². The van der Waals surface area contributed by atoms with E-state index in [1.807, 2.05) is 32.9 Å². The topological polar surface area (TPSA) is 65.4 Å². The van der Waals surface area contributed by atoms with Crippen LogP contribution in [0.2, 0.25) is 0 Å². The van der Waals surface area contributed by atoms with Gasteiger partial charge >= 0.3 is 0 Å². The maximum Gasteiger partial charge on any atom is 0.255 e. The maximum atomic E-state index is 12.5. The van der Waals surface area contributed by atoms with Gasteiger partial charge in [-0.05, 0) is 45.0 Å². The van der Waals surface area contributed by atoms with Crippen LogP contribution in [0.5, 0.6) is 11.6 Å². The van der Waals surface area contributed by atoms with Gasteiger partial charge in [-0.1, -0.05) is 11.6 Å². The van der Waals surface area contributed by atoms with Gasteiger partial charge in [0, 0.05) is 12.6 Å². The molecule has 0 aliphatic heterocycles. The first-order valence-corrected chi connectivity index (χ1v) is 7.67. The van der Waals surface area contributed by atoms with Gasteiger partial charge in [0.05, 0.1) is 12.8 Å². The van der Waals surface area contributed by atoms with Crippen LogP contribution in [-0.4, -0.2) is 29.4 Å². The molecule has 1 aromatic heterocycles. The summed E-state index contributed by atoms with van der Waals surface area (Å²) in [6.45, 7) is 6.31. The molecular formula is C18H23N3O3. The van der Waals surface area contributed by atoms with E-state index in [-0.39, 0.29) is 5.91 Å². The van der Waals surface area contributed by atoms with Gasteiger partial charge in [-0.2, -0.15) is 5.10 Å². The Bertz CT molecular complexity index is 759. The van der Waals surface area contributed by atoms with Crippen LogP contribution in [-0.2, 0) is 7.05 Å². The number of nitrogens with zero attached hydrogens (tertiary/aromatic N) is 2. The van der Waals surface area contributed by atoms with Crippen molar-refractivity contribution in [3.05, 3.63) is 47.2 Å². The van der Waals surface area contributed by atoms with Gasteiger partial charge in [-0.25, -0.2) is 4.68 Å². The normalized spacial score (nSPS) is 10.2. The van der Waals surface area contributed by atoms with Crippen LogP contribution in [0.3, 0.4) is 0 Å². The number of nitrogens with one attached hydrogen (secondary N) is 1. The van der Waals surface area contributed by atoms with E-state index < -0.39 is 0 Å². The molecule has 2 aromatic rings. The van der Waals surface area contributed by atoms with E-state index in [2.05, 4.69) is 10.4 Å². The summed E-state index contributed by atoms with van der Waals surface area (Å²) in [6, 6.07) is 7.07. The highest BCUT2D eigenvalue weighted by molar-refractivity contribution is 6.05. The summed E-state index contributed by atoms with van der Waals surface area (Å²) in [7, 11) is 3.31. The van der Waals surface area contributed by atoms with Crippen molar-refractivity contribution < 1.29 is 14.3 Å². The number of carbonyl (C=O) groups excluding carboxylic acids is 1. The number of rotatable bonds is 6. The monoisotopic (exact) mass is 329 g/mol. The molecule has 6 heteroatoms. The average Bonchev–Trinajstić information content (AvgIpc) is 2.80. The Hall–Kier alpha value is -2.76. The lowest BCUT2D eigenvalue weighted by Crippen LogP contribution is -2.13. The van der Waals surface area contributed by atoms with Crippen LogP contribution < -0.4 is 14.8 Å². The molecule has 1 N–H and O–H groups in total. The number of aromatic nitrogens is 2. The third-order valence-electron chi connectivity index (χ3n) is 3.44. The number of ether oxygens (including phenoxy) is 2. The Labute approximate surface area is 142 Å². The Balaban J connectivity index is 2.14. The number of hydrogen-bond donors (Lipinski definition) is 1. The van der Waals surface area contributed by atoms with Gasteiger partial charge in [0.25, 0.3) is 5.91 Å². The molecule has 0 fully saturated rings. The molecule has 0 unspecified atom stereocenters. The quantitative estimate of drug-likeness (QED) is 0.826. The molecule has 1 amide bonds. The van der Waals surface area contributed by atoms with E-state index in [1.54, 1.807) is 37.0 Å². The van der Waals surface area contributed by atoms with Crippen LogP contribution >= 0.6 is 0 Å². The smallest absolute Gasteiger partial charge is 0.255 e. The standard InChI is InChI=1S/C18H23N3O3/c1-12(2)9-10-24-15-8-6-7-14(11-15)17(22)19-16-13(3)20-21(4)18(16)23-5/h6-9,11H,10H2,1-5H3,(H,19,22). The predicted octanol–water partition coefficient (Wildman–Crippen LogP) is 3.33. The van der Waals surface area contributed by atoms with Gasteiger partial charge in [-0.3, -0.25) is 4.79 Å². The predicted molar refractivity (Wildman–Crippen MR) is 93.8 cm³/mol. The van der Waals surface area contributed by atoms with Gasteiger partial charge in [0.2, 0.25) is 5.88 Å². The zero-order valence-corrected chi connectivity index (χ0v) is 14.7. The number of carbonyl (C=O) groups is 1. The zero-order chi connectivity index (χ0) is 17.7. The second-order valence-corrected chi connectivity index (χ2v) is 5.67. The first-order chi connectivity index (χ1) is 11.4. The number of hydrogen-bond acceptors (Lipinski definition) is 4. The SMILES string of the molecule is COc1c(NC(=O)c2cccc(OCC=C(C)C)c2)c(C)nn1C. The first-order valence-electron chi connectivity index (χ1n) is 7.67. The lowest BCUT2D eigenvalue weighted by Gasteiger charge is -2.09. The fraction of sp³-hybridized carbons (Fsp3) is 0.333. The van der Waals surface area contributed by atoms with Crippen molar-refractivity contribution in [1.82, 2.24) is 9.78 Å². The molecule has 0 saturated heterocycles. The number of anilines is 1. The summed E-state index contributed by atoms with van der Waals surface area (Å²) < 4.78 is 12.5. The molecule has 128 valence electrons. The van der Waals surface area contributed by atoms with Gasteiger partial charge in [-0.15, -0.1) is 0 Å². The van der Waals surface area contributed by atoms with E-state index in [9.17, 15) is 4.79 Å². The lowest BCUT2D eigenvalue weighted by atomic mass is 10.2. The molecule has 0 aliphatic carbocycles. The molecule has 1 aromatic carbocycles.